The molecule has 0 atom stereocenters. The van der Waals surface area contributed by atoms with Gasteiger partial charge in [0.25, 0.3) is 0 Å². The van der Waals surface area contributed by atoms with Crippen LogP contribution in [0.5, 0.6) is 17.2 Å². The first kappa shape index (κ1) is 20.5. The van der Waals surface area contributed by atoms with Crippen LogP contribution in [0, 0.1) is 0 Å². The number of carbonyl (C=O) groups excluding carboxylic acids is 1. The van der Waals surface area contributed by atoms with Crippen LogP contribution >= 0.6 is 11.3 Å². The summed E-state index contributed by atoms with van der Waals surface area (Å²) >= 11 is 1.47. The van der Waals surface area contributed by atoms with E-state index in [4.69, 9.17) is 24.7 Å². The Morgan fingerprint density at radius 1 is 1.07 bits per heavy atom. The lowest BCUT2D eigenvalue weighted by molar-refractivity contribution is -0.145. The number of benzene rings is 2. The SMILES string of the molecule is COc1ccc(-c2nc(COC(=O)CCOc3ccc(N)cc3)cs2)cc1OC. The third-order valence-corrected chi connectivity index (χ3v) is 4.96. The van der Waals surface area contributed by atoms with E-state index >= 15 is 0 Å². The number of ether oxygens (including phenoxy) is 4. The molecule has 3 aromatic rings. The lowest BCUT2D eigenvalue weighted by Crippen LogP contribution is -2.10. The molecule has 0 saturated carbocycles. The second-order valence-corrected chi connectivity index (χ2v) is 6.90. The van der Waals surface area contributed by atoms with E-state index in [9.17, 15) is 4.79 Å². The minimum Gasteiger partial charge on any atom is -0.493 e. The van der Waals surface area contributed by atoms with Crippen molar-refractivity contribution in [3.63, 3.8) is 0 Å². The highest BCUT2D eigenvalue weighted by Gasteiger charge is 2.11. The van der Waals surface area contributed by atoms with Gasteiger partial charge in [-0.2, -0.15) is 0 Å². The minimum atomic E-state index is -0.346. The number of rotatable bonds is 9. The molecule has 2 aromatic carbocycles. The summed E-state index contributed by atoms with van der Waals surface area (Å²) < 4.78 is 21.3. The lowest BCUT2D eigenvalue weighted by Gasteiger charge is -2.08. The zero-order chi connectivity index (χ0) is 20.6. The number of methoxy groups -OCH3 is 2. The average molecular weight is 414 g/mol. The van der Waals surface area contributed by atoms with E-state index in [1.54, 1.807) is 38.5 Å². The maximum Gasteiger partial charge on any atom is 0.309 e. The van der Waals surface area contributed by atoms with Gasteiger partial charge in [-0.1, -0.05) is 0 Å². The Kier molecular flexibility index (Phi) is 6.91. The quantitative estimate of drug-likeness (QED) is 0.419. The number of hydrogen-bond donors (Lipinski definition) is 1. The number of aromatic nitrogens is 1. The number of nitrogens with zero attached hydrogens (tertiary/aromatic N) is 1. The minimum absolute atomic E-state index is 0.116. The van der Waals surface area contributed by atoms with Crippen molar-refractivity contribution in [2.24, 2.45) is 0 Å². The topological polar surface area (TPSA) is 92.9 Å². The standard InChI is InChI=1S/C21H22N2O5S/c1-25-18-8-3-14(11-19(18)26-2)21-23-16(13-29-21)12-28-20(24)9-10-27-17-6-4-15(22)5-7-17/h3-8,11,13H,9-10,12,22H2,1-2H3. The van der Waals surface area contributed by atoms with E-state index in [0.717, 1.165) is 10.6 Å². The predicted molar refractivity (Wildman–Crippen MR) is 111 cm³/mol. The molecule has 0 aliphatic carbocycles. The normalized spacial score (nSPS) is 10.4. The third kappa shape index (κ3) is 5.61. The van der Waals surface area contributed by atoms with Gasteiger partial charge in [-0.25, -0.2) is 4.98 Å². The Hall–Kier alpha value is -3.26. The van der Waals surface area contributed by atoms with E-state index in [1.807, 2.05) is 23.6 Å². The monoisotopic (exact) mass is 414 g/mol. The second kappa shape index (κ2) is 9.79. The van der Waals surface area contributed by atoms with E-state index in [1.165, 1.54) is 11.3 Å². The molecule has 152 valence electrons. The average Bonchev–Trinajstić information content (AvgIpc) is 3.22. The van der Waals surface area contributed by atoms with Crippen molar-refractivity contribution in [3.05, 3.63) is 53.5 Å². The first-order valence-electron chi connectivity index (χ1n) is 8.90. The summed E-state index contributed by atoms with van der Waals surface area (Å²) in [5.74, 6) is 1.60. The number of anilines is 1. The Balaban J connectivity index is 1.48. The summed E-state index contributed by atoms with van der Waals surface area (Å²) in [7, 11) is 3.18. The van der Waals surface area contributed by atoms with E-state index < -0.39 is 0 Å². The molecule has 0 unspecified atom stereocenters. The Morgan fingerprint density at radius 3 is 2.55 bits per heavy atom. The van der Waals surface area contributed by atoms with Crippen LogP contribution in [-0.4, -0.2) is 31.8 Å². The van der Waals surface area contributed by atoms with Crippen molar-refractivity contribution in [2.75, 3.05) is 26.6 Å². The fraction of sp³-hybridized carbons (Fsp3) is 0.238. The molecule has 2 N–H and O–H groups in total. The maximum atomic E-state index is 11.9. The molecule has 0 bridgehead atoms. The van der Waals surface area contributed by atoms with Gasteiger partial charge < -0.3 is 24.7 Å². The van der Waals surface area contributed by atoms with Crippen LogP contribution in [0.2, 0.25) is 0 Å². The van der Waals surface area contributed by atoms with Crippen molar-refractivity contribution in [2.45, 2.75) is 13.0 Å². The summed E-state index contributed by atoms with van der Waals surface area (Å²) in [5, 5.41) is 2.67. The molecule has 8 heteroatoms. The predicted octanol–water partition coefficient (Wildman–Crippen LogP) is 3.92. The largest absolute Gasteiger partial charge is 0.493 e. The van der Waals surface area contributed by atoms with Gasteiger partial charge in [0.05, 0.1) is 32.9 Å². The van der Waals surface area contributed by atoms with Crippen molar-refractivity contribution in [3.8, 4) is 27.8 Å². The van der Waals surface area contributed by atoms with Crippen molar-refractivity contribution < 1.29 is 23.7 Å². The maximum absolute atomic E-state index is 11.9. The lowest BCUT2D eigenvalue weighted by atomic mass is 10.2. The first-order valence-corrected chi connectivity index (χ1v) is 9.78. The molecule has 0 saturated heterocycles. The molecule has 0 radical (unpaired) electrons. The fourth-order valence-electron chi connectivity index (χ4n) is 2.52. The van der Waals surface area contributed by atoms with Gasteiger partial charge in [0.1, 0.15) is 17.4 Å². The molecule has 7 nitrogen and oxygen atoms in total. The third-order valence-electron chi connectivity index (χ3n) is 4.02. The van der Waals surface area contributed by atoms with Gasteiger partial charge in [-0.15, -0.1) is 11.3 Å². The van der Waals surface area contributed by atoms with Crippen LogP contribution in [0.1, 0.15) is 12.1 Å². The zero-order valence-corrected chi connectivity index (χ0v) is 17.0. The number of carbonyl (C=O) groups is 1. The molecular weight excluding hydrogens is 392 g/mol. The smallest absolute Gasteiger partial charge is 0.309 e. The van der Waals surface area contributed by atoms with Gasteiger partial charge in [0, 0.05) is 16.6 Å². The van der Waals surface area contributed by atoms with Crippen LogP contribution in [-0.2, 0) is 16.1 Å². The molecule has 1 heterocycles. The molecule has 0 spiro atoms. The van der Waals surface area contributed by atoms with E-state index in [2.05, 4.69) is 4.98 Å². The van der Waals surface area contributed by atoms with Gasteiger partial charge in [0.15, 0.2) is 11.5 Å². The number of thiazole rings is 1. The molecule has 0 fully saturated rings. The zero-order valence-electron chi connectivity index (χ0n) is 16.2. The Labute approximate surface area is 173 Å². The van der Waals surface area contributed by atoms with Gasteiger partial charge in [0.2, 0.25) is 0 Å². The first-order chi connectivity index (χ1) is 14.1. The summed E-state index contributed by atoms with van der Waals surface area (Å²) in [4.78, 5) is 16.4. The van der Waals surface area contributed by atoms with Crippen LogP contribution < -0.4 is 19.9 Å². The Bertz CT molecular complexity index is 956. The molecule has 1 aromatic heterocycles. The molecular formula is C21H22N2O5S. The van der Waals surface area contributed by atoms with Crippen molar-refractivity contribution in [1.82, 2.24) is 4.98 Å². The van der Waals surface area contributed by atoms with Crippen molar-refractivity contribution in [1.29, 1.82) is 0 Å². The van der Waals surface area contributed by atoms with Crippen LogP contribution in [0.4, 0.5) is 5.69 Å². The van der Waals surface area contributed by atoms with Crippen LogP contribution in [0.3, 0.4) is 0 Å². The van der Waals surface area contributed by atoms with Crippen LogP contribution in [0.25, 0.3) is 10.6 Å². The van der Waals surface area contributed by atoms with Gasteiger partial charge >= 0.3 is 5.97 Å². The summed E-state index contributed by atoms with van der Waals surface area (Å²) in [6.45, 7) is 0.348. The molecule has 0 amide bonds. The number of hydrogen-bond acceptors (Lipinski definition) is 8. The number of nitrogens with two attached hydrogens (primary N) is 1. The van der Waals surface area contributed by atoms with Gasteiger partial charge in [-0.05, 0) is 42.5 Å². The molecule has 0 aliphatic heterocycles. The second-order valence-electron chi connectivity index (χ2n) is 6.04. The molecule has 0 aliphatic rings. The van der Waals surface area contributed by atoms with Gasteiger partial charge in [-0.3, -0.25) is 4.79 Å². The number of nitrogen functional groups attached to an aromatic ring is 1. The van der Waals surface area contributed by atoms with E-state index in [-0.39, 0.29) is 25.6 Å². The number of esters is 1. The summed E-state index contributed by atoms with van der Waals surface area (Å²) in [6, 6.07) is 12.6. The fourth-order valence-corrected chi connectivity index (χ4v) is 3.32. The van der Waals surface area contributed by atoms with Crippen LogP contribution in [0.15, 0.2) is 47.8 Å². The highest BCUT2D eigenvalue weighted by Crippen LogP contribution is 2.33. The highest BCUT2D eigenvalue weighted by molar-refractivity contribution is 7.13. The summed E-state index contributed by atoms with van der Waals surface area (Å²) in [6.07, 6.45) is 0.150. The van der Waals surface area contributed by atoms with Crippen molar-refractivity contribution >= 4 is 23.0 Å². The highest BCUT2D eigenvalue weighted by atomic mass is 32.1. The van der Waals surface area contributed by atoms with E-state index in [0.29, 0.717) is 28.6 Å². The summed E-state index contributed by atoms with van der Waals surface area (Å²) in [5.41, 5.74) is 7.87. The Morgan fingerprint density at radius 2 is 1.83 bits per heavy atom. The molecule has 3 rings (SSSR count). The molecule has 29 heavy (non-hydrogen) atoms.